The van der Waals surface area contributed by atoms with Gasteiger partial charge in [-0.05, 0) is 42.5 Å². The van der Waals surface area contributed by atoms with Gasteiger partial charge in [0.25, 0.3) is 11.8 Å². The largest absolute Gasteiger partial charge is 0.497 e. The molecule has 0 aliphatic carbocycles. The van der Waals surface area contributed by atoms with E-state index in [0.29, 0.717) is 17.7 Å². The molecule has 0 radical (unpaired) electrons. The fraction of sp³-hybridized carbons (Fsp3) is 0.444. The van der Waals surface area contributed by atoms with Gasteiger partial charge in [0.2, 0.25) is 0 Å². The lowest BCUT2D eigenvalue weighted by Gasteiger charge is -2.43. The molecule has 1 saturated heterocycles. The summed E-state index contributed by atoms with van der Waals surface area (Å²) in [7, 11) is 3.06. The highest BCUT2D eigenvalue weighted by Gasteiger charge is 2.46. The van der Waals surface area contributed by atoms with Gasteiger partial charge < -0.3 is 20.3 Å². The number of rotatable bonds is 8. The van der Waals surface area contributed by atoms with Crippen LogP contribution >= 0.6 is 0 Å². The van der Waals surface area contributed by atoms with Crippen LogP contribution in [0.15, 0.2) is 59.0 Å². The topological polar surface area (TPSA) is 89.8 Å². The van der Waals surface area contributed by atoms with Crippen LogP contribution in [0.2, 0.25) is 0 Å². The van der Waals surface area contributed by atoms with Crippen LogP contribution in [-0.4, -0.2) is 68.1 Å². The minimum atomic E-state index is -4.54. The van der Waals surface area contributed by atoms with Crippen LogP contribution < -0.4 is 15.4 Å². The standard InChI is InChI=1S/C27H32F5N5O2/c1-17-12-26(28,29)16-37(22(17)15-36-23-10-5-4-8-19(13-35-23)27(30,31)32)25(38)24(33)21(14-34-2)18-7-6-9-20(11-18)39-3/h6-11,13-14,17,22,33-34,36H,4-5,12,15-16H2,1-3H3/b19-8-,21-14-,23-10+,33-24?,35-13-. The maximum Gasteiger partial charge on any atom is 0.417 e. The summed E-state index contributed by atoms with van der Waals surface area (Å²) >= 11 is 0. The average molecular weight is 554 g/mol. The molecule has 2 aliphatic rings. The molecule has 0 aromatic heterocycles. The average Bonchev–Trinajstić information content (AvgIpc) is 2.85. The maximum absolute atomic E-state index is 14.6. The van der Waals surface area contributed by atoms with E-state index in [1.165, 1.54) is 13.3 Å². The van der Waals surface area contributed by atoms with E-state index >= 15 is 0 Å². The predicted octanol–water partition coefficient (Wildman–Crippen LogP) is 4.93. The highest BCUT2D eigenvalue weighted by Crippen LogP contribution is 2.35. The highest BCUT2D eigenvalue weighted by atomic mass is 19.4. The van der Waals surface area contributed by atoms with Crippen molar-refractivity contribution < 1.29 is 31.5 Å². The number of nitrogens with one attached hydrogen (secondary N) is 3. The number of likely N-dealkylation sites (tertiary alicyclic amines) is 1. The highest BCUT2D eigenvalue weighted by molar-refractivity contribution is 6.54. The van der Waals surface area contributed by atoms with E-state index in [-0.39, 0.29) is 24.4 Å². The van der Waals surface area contributed by atoms with Crippen molar-refractivity contribution in [3.8, 4) is 5.75 Å². The second-order valence-electron chi connectivity index (χ2n) is 9.45. The van der Waals surface area contributed by atoms with Gasteiger partial charge in [-0.1, -0.05) is 25.1 Å². The maximum atomic E-state index is 14.6. The number of alkyl halides is 5. The zero-order valence-corrected chi connectivity index (χ0v) is 21.9. The van der Waals surface area contributed by atoms with Crippen LogP contribution in [0.25, 0.3) is 5.57 Å². The van der Waals surface area contributed by atoms with Gasteiger partial charge in [0, 0.05) is 38.0 Å². The smallest absolute Gasteiger partial charge is 0.417 e. The van der Waals surface area contributed by atoms with E-state index in [9.17, 15) is 26.7 Å². The van der Waals surface area contributed by atoms with Crippen LogP contribution in [-0.2, 0) is 4.79 Å². The first-order valence-electron chi connectivity index (χ1n) is 12.4. The fourth-order valence-electron chi connectivity index (χ4n) is 4.59. The van der Waals surface area contributed by atoms with Gasteiger partial charge in [0.1, 0.15) is 17.3 Å². The molecule has 3 N–H and O–H groups in total. The molecule has 2 atom stereocenters. The van der Waals surface area contributed by atoms with Gasteiger partial charge >= 0.3 is 6.18 Å². The van der Waals surface area contributed by atoms with Crippen molar-refractivity contribution in [2.75, 3.05) is 27.2 Å². The third-order valence-electron chi connectivity index (χ3n) is 6.52. The molecule has 2 aliphatic heterocycles. The number of benzene rings is 1. The molecule has 0 saturated carbocycles. The minimum Gasteiger partial charge on any atom is -0.497 e. The quantitative estimate of drug-likeness (QED) is 0.315. The van der Waals surface area contributed by atoms with Crippen molar-refractivity contribution in [1.82, 2.24) is 15.5 Å². The molecule has 12 heteroatoms. The lowest BCUT2D eigenvalue weighted by Crippen LogP contribution is -2.59. The molecular formula is C27H32F5N5O2. The summed E-state index contributed by atoms with van der Waals surface area (Å²) in [6.45, 7) is 0.657. The van der Waals surface area contributed by atoms with E-state index in [1.807, 2.05) is 0 Å². The molecular weight excluding hydrogens is 521 g/mol. The number of carbonyl (C=O) groups excluding carboxylic acids is 1. The summed E-state index contributed by atoms with van der Waals surface area (Å²) < 4.78 is 73.9. The molecule has 212 valence electrons. The Labute approximate surface area is 224 Å². The van der Waals surface area contributed by atoms with Gasteiger partial charge in [-0.2, -0.15) is 13.2 Å². The van der Waals surface area contributed by atoms with Crippen molar-refractivity contribution >= 4 is 23.4 Å². The summed E-state index contributed by atoms with van der Waals surface area (Å²) in [5, 5.41) is 14.4. The molecule has 0 spiro atoms. The van der Waals surface area contributed by atoms with Crippen molar-refractivity contribution in [3.63, 3.8) is 0 Å². The Bertz CT molecular complexity index is 1190. The predicted molar refractivity (Wildman–Crippen MR) is 140 cm³/mol. The molecule has 1 amide bonds. The normalized spacial score (nSPS) is 25.2. The monoisotopic (exact) mass is 553 g/mol. The van der Waals surface area contributed by atoms with Crippen LogP contribution in [0.4, 0.5) is 22.0 Å². The number of methoxy groups -OCH3 is 1. The van der Waals surface area contributed by atoms with Crippen LogP contribution in [0.3, 0.4) is 0 Å². The first kappa shape index (κ1) is 29.9. The van der Waals surface area contributed by atoms with Crippen LogP contribution in [0, 0.1) is 11.3 Å². The first-order chi connectivity index (χ1) is 18.4. The summed E-state index contributed by atoms with van der Waals surface area (Å²) in [6, 6.07) is 5.91. The summed E-state index contributed by atoms with van der Waals surface area (Å²) in [6.07, 6.45) is 0.273. The number of hydrogen-bond donors (Lipinski definition) is 3. The van der Waals surface area contributed by atoms with Gasteiger partial charge in [0.05, 0.1) is 25.3 Å². The number of aliphatic imine (C=N–C) groups is 1. The Morgan fingerprint density at radius 3 is 2.67 bits per heavy atom. The van der Waals surface area contributed by atoms with Crippen molar-refractivity contribution in [2.24, 2.45) is 10.9 Å². The molecule has 0 bridgehead atoms. The molecule has 39 heavy (non-hydrogen) atoms. The fourth-order valence-corrected chi connectivity index (χ4v) is 4.59. The number of ether oxygens (including phenoxy) is 1. The second kappa shape index (κ2) is 12.4. The Morgan fingerprint density at radius 1 is 1.28 bits per heavy atom. The SMILES string of the molecule is CN/C=C(\C(=N)C(=O)N1CC(F)(F)CC(C)C1CNC1=C/CC/C=C(C(F)(F)F)/C=N\1)c1cccc(OC)c1. The van der Waals surface area contributed by atoms with E-state index < -0.39 is 54.2 Å². The lowest BCUT2D eigenvalue weighted by molar-refractivity contribution is -0.145. The Hall–Kier alpha value is -3.70. The number of allylic oxidation sites excluding steroid dienone is 3. The summed E-state index contributed by atoms with van der Waals surface area (Å²) in [4.78, 5) is 18.4. The Balaban J connectivity index is 1.85. The molecule has 1 aromatic carbocycles. The Morgan fingerprint density at radius 2 is 2.00 bits per heavy atom. The minimum absolute atomic E-state index is 0.0330. The molecule has 1 fully saturated rings. The molecule has 3 rings (SSSR count). The zero-order chi connectivity index (χ0) is 28.8. The number of piperidine rings is 1. The van der Waals surface area contributed by atoms with Gasteiger partial charge in [0.15, 0.2) is 0 Å². The van der Waals surface area contributed by atoms with E-state index in [0.717, 1.165) is 17.2 Å². The first-order valence-corrected chi connectivity index (χ1v) is 12.4. The third kappa shape index (κ3) is 7.67. The zero-order valence-electron chi connectivity index (χ0n) is 21.9. The van der Waals surface area contributed by atoms with Crippen molar-refractivity contribution in [1.29, 1.82) is 5.41 Å². The summed E-state index contributed by atoms with van der Waals surface area (Å²) in [5.41, 5.74) is -0.688. The number of hydrogen-bond acceptors (Lipinski definition) is 6. The third-order valence-corrected chi connectivity index (χ3v) is 6.52. The van der Waals surface area contributed by atoms with E-state index in [2.05, 4.69) is 15.6 Å². The van der Waals surface area contributed by atoms with Gasteiger partial charge in [-0.25, -0.2) is 13.8 Å². The second-order valence-corrected chi connectivity index (χ2v) is 9.45. The Kier molecular flexibility index (Phi) is 9.52. The molecule has 2 heterocycles. The number of halogens is 5. The lowest BCUT2D eigenvalue weighted by atomic mass is 9.87. The van der Waals surface area contributed by atoms with Crippen LogP contribution in [0.5, 0.6) is 5.75 Å². The molecule has 7 nitrogen and oxygen atoms in total. The number of carbonyl (C=O) groups is 1. The molecule has 2 unspecified atom stereocenters. The number of nitrogens with zero attached hydrogens (tertiary/aromatic N) is 2. The van der Waals surface area contributed by atoms with Crippen LogP contribution in [0.1, 0.15) is 31.7 Å². The van der Waals surface area contributed by atoms with Crippen molar-refractivity contribution in [3.05, 3.63) is 59.6 Å². The van der Waals surface area contributed by atoms with E-state index in [4.69, 9.17) is 10.1 Å². The van der Waals surface area contributed by atoms with Gasteiger partial charge in [-0.3, -0.25) is 10.2 Å². The number of amides is 1. The van der Waals surface area contributed by atoms with Crippen molar-refractivity contribution in [2.45, 2.75) is 44.3 Å². The van der Waals surface area contributed by atoms with Gasteiger partial charge in [-0.15, -0.1) is 0 Å². The van der Waals surface area contributed by atoms with E-state index in [1.54, 1.807) is 44.3 Å². The molecule has 1 aromatic rings. The summed E-state index contributed by atoms with van der Waals surface area (Å²) in [5.74, 6) is -4.08.